The second kappa shape index (κ2) is 5.82. The van der Waals surface area contributed by atoms with Crippen LogP contribution in [0.3, 0.4) is 0 Å². The third kappa shape index (κ3) is 2.98. The first-order valence-corrected chi connectivity index (χ1v) is 5.98. The minimum atomic E-state index is -0.496. The summed E-state index contributed by atoms with van der Waals surface area (Å²) < 4.78 is 17.7. The quantitative estimate of drug-likeness (QED) is 0.888. The molecule has 0 unspecified atom stereocenters. The molecule has 98 valence electrons. The number of amides is 1. The van der Waals surface area contributed by atoms with E-state index in [0.29, 0.717) is 13.1 Å². The topological polar surface area (TPSA) is 55.6 Å². The Balaban J connectivity index is 1.82. The van der Waals surface area contributed by atoms with E-state index in [1.807, 2.05) is 30.3 Å². The van der Waals surface area contributed by atoms with E-state index in [1.54, 1.807) is 0 Å². The average Bonchev–Trinajstić information content (AvgIpc) is 2.78. The van der Waals surface area contributed by atoms with Crippen LogP contribution in [0.25, 0.3) is 0 Å². The average molecular weight is 252 g/mol. The molecule has 2 N–H and O–H groups in total. The molecule has 1 aromatic carbocycles. The van der Waals surface area contributed by atoms with Gasteiger partial charge in [-0.25, -0.2) is 4.79 Å². The molecule has 5 heteroatoms. The number of nitrogens with zero attached hydrogens (tertiary/aromatic N) is 1. The van der Waals surface area contributed by atoms with Gasteiger partial charge in [-0.15, -0.1) is 0 Å². The lowest BCUT2D eigenvalue weighted by Gasteiger charge is -2.15. The highest BCUT2D eigenvalue weighted by atomic mass is 19.1. The Morgan fingerprint density at radius 1 is 1.39 bits per heavy atom. The molecular weight excluding hydrogens is 235 g/mol. The fraction of sp³-hybridized carbons (Fsp3) is 0.462. The van der Waals surface area contributed by atoms with Crippen LogP contribution in [0.4, 0.5) is 9.18 Å². The lowest BCUT2D eigenvalue weighted by molar-refractivity contribution is 0.102. The van der Waals surface area contributed by atoms with Crippen molar-refractivity contribution in [1.82, 2.24) is 4.90 Å². The number of hydrogen-bond acceptors (Lipinski definition) is 3. The minimum Gasteiger partial charge on any atom is -0.445 e. The van der Waals surface area contributed by atoms with Gasteiger partial charge in [0.2, 0.25) is 0 Å². The summed E-state index contributed by atoms with van der Waals surface area (Å²) in [6.45, 7) is 0.433. The van der Waals surface area contributed by atoms with Gasteiger partial charge in [-0.2, -0.15) is 0 Å². The van der Waals surface area contributed by atoms with Crippen LogP contribution in [0, 0.1) is 5.92 Å². The molecule has 4 nitrogen and oxygen atoms in total. The maximum Gasteiger partial charge on any atom is 0.410 e. The second-order valence-electron chi connectivity index (χ2n) is 4.52. The van der Waals surface area contributed by atoms with Gasteiger partial charge in [-0.05, 0) is 5.56 Å². The SMILES string of the molecule is N[C@H]1CN(C(=O)OCc2ccccc2)C[C@H]1CF. The van der Waals surface area contributed by atoms with Crippen molar-refractivity contribution >= 4 is 6.09 Å². The van der Waals surface area contributed by atoms with Crippen LogP contribution in [0.15, 0.2) is 30.3 Å². The van der Waals surface area contributed by atoms with Crippen LogP contribution in [0.5, 0.6) is 0 Å². The van der Waals surface area contributed by atoms with Crippen LogP contribution >= 0.6 is 0 Å². The summed E-state index contributed by atoms with van der Waals surface area (Å²) in [7, 11) is 0. The van der Waals surface area contributed by atoms with Crippen molar-refractivity contribution in [2.24, 2.45) is 11.7 Å². The first kappa shape index (κ1) is 12.8. The highest BCUT2D eigenvalue weighted by Gasteiger charge is 2.33. The van der Waals surface area contributed by atoms with Gasteiger partial charge < -0.3 is 15.4 Å². The van der Waals surface area contributed by atoms with Crippen molar-refractivity contribution in [3.8, 4) is 0 Å². The molecule has 0 saturated carbocycles. The lowest BCUT2D eigenvalue weighted by atomic mass is 10.1. The van der Waals surface area contributed by atoms with Crippen LogP contribution in [-0.2, 0) is 11.3 Å². The molecule has 1 heterocycles. The molecule has 1 aromatic rings. The first-order chi connectivity index (χ1) is 8.70. The number of nitrogens with two attached hydrogens (primary N) is 1. The summed E-state index contributed by atoms with van der Waals surface area (Å²) in [6, 6.07) is 9.14. The van der Waals surface area contributed by atoms with Crippen molar-refractivity contribution in [2.45, 2.75) is 12.6 Å². The maximum atomic E-state index is 12.6. The van der Waals surface area contributed by atoms with Crippen molar-refractivity contribution in [1.29, 1.82) is 0 Å². The van der Waals surface area contributed by atoms with Gasteiger partial charge in [0.1, 0.15) is 6.61 Å². The molecule has 0 spiro atoms. The molecule has 1 aliphatic rings. The van der Waals surface area contributed by atoms with Crippen molar-refractivity contribution in [3.63, 3.8) is 0 Å². The van der Waals surface area contributed by atoms with E-state index >= 15 is 0 Å². The monoisotopic (exact) mass is 252 g/mol. The number of ether oxygens (including phenoxy) is 1. The highest BCUT2D eigenvalue weighted by molar-refractivity contribution is 5.68. The molecule has 1 amide bonds. The van der Waals surface area contributed by atoms with E-state index in [-0.39, 0.29) is 18.6 Å². The summed E-state index contributed by atoms with van der Waals surface area (Å²) in [6.07, 6.45) is -0.426. The Labute approximate surface area is 106 Å². The molecule has 0 bridgehead atoms. The van der Waals surface area contributed by atoms with Gasteiger partial charge in [-0.1, -0.05) is 30.3 Å². The number of benzene rings is 1. The zero-order valence-corrected chi connectivity index (χ0v) is 10.1. The predicted molar refractivity (Wildman–Crippen MR) is 65.6 cm³/mol. The number of alkyl halides is 1. The van der Waals surface area contributed by atoms with Crippen LogP contribution in [-0.4, -0.2) is 36.8 Å². The van der Waals surface area contributed by atoms with E-state index in [4.69, 9.17) is 10.5 Å². The fourth-order valence-corrected chi connectivity index (χ4v) is 2.02. The second-order valence-corrected chi connectivity index (χ2v) is 4.52. The molecule has 2 atom stereocenters. The van der Waals surface area contributed by atoms with E-state index in [1.165, 1.54) is 4.90 Å². The standard InChI is InChI=1S/C13H17FN2O2/c14-6-11-7-16(8-12(11)15)13(17)18-9-10-4-2-1-3-5-10/h1-5,11-12H,6-9,15H2/t11-,12+/m1/s1. The molecule has 2 rings (SSSR count). The summed E-state index contributed by atoms with van der Waals surface area (Å²) in [5.41, 5.74) is 6.66. The van der Waals surface area contributed by atoms with Crippen LogP contribution in [0.2, 0.25) is 0 Å². The predicted octanol–water partition coefficient (Wildman–Crippen LogP) is 1.55. The third-order valence-electron chi connectivity index (χ3n) is 3.15. The van der Waals surface area contributed by atoms with Crippen LogP contribution < -0.4 is 5.73 Å². The summed E-state index contributed by atoms with van der Waals surface area (Å²) in [5.74, 6) is -0.269. The third-order valence-corrected chi connectivity index (χ3v) is 3.15. The van der Waals surface area contributed by atoms with E-state index in [2.05, 4.69) is 0 Å². The van der Waals surface area contributed by atoms with Gasteiger partial charge >= 0.3 is 6.09 Å². The molecule has 1 aliphatic heterocycles. The number of carbonyl (C=O) groups excluding carboxylic acids is 1. The largest absolute Gasteiger partial charge is 0.445 e. The molecule has 1 fully saturated rings. The molecule has 0 aromatic heterocycles. The Kier molecular flexibility index (Phi) is 4.15. The lowest BCUT2D eigenvalue weighted by Crippen LogP contribution is -2.32. The van der Waals surface area contributed by atoms with E-state index in [0.717, 1.165) is 5.56 Å². The van der Waals surface area contributed by atoms with Crippen molar-refractivity contribution in [2.75, 3.05) is 19.8 Å². The minimum absolute atomic E-state index is 0.228. The Morgan fingerprint density at radius 2 is 2.11 bits per heavy atom. The fourth-order valence-electron chi connectivity index (χ4n) is 2.02. The zero-order chi connectivity index (χ0) is 13.0. The van der Waals surface area contributed by atoms with Gasteiger partial charge in [-0.3, -0.25) is 4.39 Å². The summed E-state index contributed by atoms with van der Waals surface area (Å²) >= 11 is 0. The molecule has 18 heavy (non-hydrogen) atoms. The first-order valence-electron chi connectivity index (χ1n) is 5.98. The maximum absolute atomic E-state index is 12.6. The smallest absolute Gasteiger partial charge is 0.410 e. The Hall–Kier alpha value is -1.62. The van der Waals surface area contributed by atoms with Gasteiger partial charge in [0.15, 0.2) is 0 Å². The summed E-state index contributed by atoms with van der Waals surface area (Å²) in [4.78, 5) is 13.2. The number of rotatable bonds is 3. The molecule has 0 aliphatic carbocycles. The van der Waals surface area contributed by atoms with Gasteiger partial charge in [0.05, 0.1) is 6.67 Å². The van der Waals surface area contributed by atoms with Gasteiger partial charge in [0, 0.05) is 25.0 Å². The molecule has 1 saturated heterocycles. The molecular formula is C13H17FN2O2. The van der Waals surface area contributed by atoms with E-state index < -0.39 is 12.8 Å². The number of hydrogen-bond donors (Lipinski definition) is 1. The van der Waals surface area contributed by atoms with Gasteiger partial charge in [0.25, 0.3) is 0 Å². The Morgan fingerprint density at radius 3 is 2.72 bits per heavy atom. The normalized spacial score (nSPS) is 23.1. The van der Waals surface area contributed by atoms with Crippen molar-refractivity contribution < 1.29 is 13.9 Å². The number of halogens is 1. The number of carbonyl (C=O) groups is 1. The Bertz CT molecular complexity index is 399. The van der Waals surface area contributed by atoms with Crippen LogP contribution in [0.1, 0.15) is 5.56 Å². The summed E-state index contributed by atoms with van der Waals surface area (Å²) in [5, 5.41) is 0. The van der Waals surface area contributed by atoms with E-state index in [9.17, 15) is 9.18 Å². The number of likely N-dealkylation sites (tertiary alicyclic amines) is 1. The molecule has 0 radical (unpaired) electrons. The highest BCUT2D eigenvalue weighted by Crippen LogP contribution is 2.17. The zero-order valence-electron chi connectivity index (χ0n) is 10.1. The van der Waals surface area contributed by atoms with Crippen molar-refractivity contribution in [3.05, 3.63) is 35.9 Å².